The fourth-order valence-electron chi connectivity index (χ4n) is 3.82. The molecule has 166 valence electrons. The molecule has 9 nitrogen and oxygen atoms in total. The number of hydrogen-bond acceptors (Lipinski definition) is 6. The molecule has 0 aliphatic carbocycles. The number of nitrogens with one attached hydrogen (secondary N) is 2. The summed E-state index contributed by atoms with van der Waals surface area (Å²) < 4.78 is 0. The Morgan fingerprint density at radius 3 is 2.41 bits per heavy atom. The van der Waals surface area contributed by atoms with Crippen molar-refractivity contribution >= 4 is 34.3 Å². The maximum atomic E-state index is 12.9. The highest BCUT2D eigenvalue weighted by Gasteiger charge is 2.28. The molecule has 1 saturated heterocycles. The molecule has 3 N–H and O–H groups in total. The Hall–Kier alpha value is -3.72. The summed E-state index contributed by atoms with van der Waals surface area (Å²) in [5.74, 6) is -0.721. The predicted octanol–water partition coefficient (Wildman–Crippen LogP) is 1.20. The number of H-pyrrole nitrogens is 1. The predicted molar refractivity (Wildman–Crippen MR) is 120 cm³/mol. The first-order chi connectivity index (χ1) is 15.5. The van der Waals surface area contributed by atoms with E-state index < -0.39 is 18.6 Å². The molecule has 0 saturated carbocycles. The zero-order valence-corrected chi connectivity index (χ0v) is 17.7. The zero-order valence-electron chi connectivity index (χ0n) is 17.7. The van der Waals surface area contributed by atoms with Crippen LogP contribution < -0.4 is 10.2 Å². The first-order valence-corrected chi connectivity index (χ1v) is 10.5. The number of benzene rings is 2. The summed E-state index contributed by atoms with van der Waals surface area (Å²) in [6.45, 7) is 3.23. The summed E-state index contributed by atoms with van der Waals surface area (Å²) in [6, 6.07) is 11.4. The van der Waals surface area contributed by atoms with Crippen LogP contribution in [0.25, 0.3) is 11.0 Å². The Labute approximate surface area is 185 Å². The first kappa shape index (κ1) is 21.5. The minimum absolute atomic E-state index is 0.0218. The number of carbonyl (C=O) groups is 3. The van der Waals surface area contributed by atoms with E-state index in [1.54, 1.807) is 41.6 Å². The van der Waals surface area contributed by atoms with Crippen LogP contribution in [0.3, 0.4) is 0 Å². The number of piperazine rings is 1. The van der Waals surface area contributed by atoms with Crippen LogP contribution in [0, 0.1) is 0 Å². The minimum Gasteiger partial charge on any atom is -0.394 e. The molecular formula is C23H25N5O4. The van der Waals surface area contributed by atoms with Gasteiger partial charge in [-0.2, -0.15) is 0 Å². The van der Waals surface area contributed by atoms with Crippen molar-refractivity contribution in [1.29, 1.82) is 0 Å². The highest BCUT2D eigenvalue weighted by Crippen LogP contribution is 2.18. The molecule has 2 heterocycles. The number of hydrogen-bond donors (Lipinski definition) is 3. The second kappa shape index (κ2) is 9.19. The lowest BCUT2D eigenvalue weighted by Crippen LogP contribution is -2.56. The van der Waals surface area contributed by atoms with E-state index in [1.807, 2.05) is 12.1 Å². The van der Waals surface area contributed by atoms with Gasteiger partial charge in [-0.15, -0.1) is 0 Å². The largest absolute Gasteiger partial charge is 0.394 e. The van der Waals surface area contributed by atoms with Gasteiger partial charge in [0.15, 0.2) is 5.78 Å². The second-order valence-corrected chi connectivity index (χ2v) is 7.76. The Bertz CT molecular complexity index is 1130. The highest BCUT2D eigenvalue weighted by molar-refractivity contribution is 6.00. The van der Waals surface area contributed by atoms with Gasteiger partial charge in [-0.1, -0.05) is 0 Å². The highest BCUT2D eigenvalue weighted by atomic mass is 16.3. The van der Waals surface area contributed by atoms with Crippen LogP contribution in [-0.4, -0.2) is 76.4 Å². The maximum Gasteiger partial charge on any atom is 0.252 e. The molecule has 1 aliphatic rings. The number of rotatable bonds is 6. The Morgan fingerprint density at radius 2 is 1.75 bits per heavy atom. The van der Waals surface area contributed by atoms with E-state index in [0.29, 0.717) is 37.3 Å². The number of anilines is 1. The number of imidazole rings is 1. The van der Waals surface area contributed by atoms with Gasteiger partial charge in [0.1, 0.15) is 6.04 Å². The average Bonchev–Trinajstić information content (AvgIpc) is 3.30. The van der Waals surface area contributed by atoms with E-state index in [-0.39, 0.29) is 11.7 Å². The fourth-order valence-corrected chi connectivity index (χ4v) is 3.82. The number of ketones is 1. The summed E-state index contributed by atoms with van der Waals surface area (Å²) >= 11 is 0. The van der Waals surface area contributed by atoms with Gasteiger partial charge in [0.05, 0.1) is 24.0 Å². The third-order valence-corrected chi connectivity index (χ3v) is 5.70. The summed E-state index contributed by atoms with van der Waals surface area (Å²) in [6.07, 6.45) is 1.55. The molecule has 9 heteroatoms. The number of aromatic amines is 1. The topological polar surface area (TPSA) is 119 Å². The minimum atomic E-state index is -1.01. The molecule has 1 fully saturated rings. The number of Topliss-reactive ketones (excluding diaryl/α,β-unsaturated/α-hetero) is 1. The van der Waals surface area contributed by atoms with Gasteiger partial charge in [0.25, 0.3) is 5.91 Å². The van der Waals surface area contributed by atoms with E-state index in [9.17, 15) is 19.5 Å². The van der Waals surface area contributed by atoms with Gasteiger partial charge in [-0.3, -0.25) is 14.4 Å². The quantitative estimate of drug-likeness (QED) is 0.501. The van der Waals surface area contributed by atoms with Crippen molar-refractivity contribution in [2.75, 3.05) is 37.7 Å². The van der Waals surface area contributed by atoms with Crippen molar-refractivity contribution in [2.24, 2.45) is 0 Å². The van der Waals surface area contributed by atoms with E-state index in [1.165, 1.54) is 6.92 Å². The molecule has 1 unspecified atom stereocenters. The van der Waals surface area contributed by atoms with Crippen LogP contribution in [0.2, 0.25) is 0 Å². The molecule has 0 spiro atoms. The molecule has 3 aromatic rings. The monoisotopic (exact) mass is 435 g/mol. The number of amides is 2. The van der Waals surface area contributed by atoms with Crippen LogP contribution in [0.5, 0.6) is 0 Å². The molecule has 32 heavy (non-hydrogen) atoms. The van der Waals surface area contributed by atoms with Gasteiger partial charge >= 0.3 is 0 Å². The van der Waals surface area contributed by atoms with Crippen molar-refractivity contribution in [3.05, 3.63) is 59.9 Å². The van der Waals surface area contributed by atoms with Crippen LogP contribution in [0.1, 0.15) is 27.6 Å². The van der Waals surface area contributed by atoms with Gasteiger partial charge in [0, 0.05) is 43.0 Å². The summed E-state index contributed by atoms with van der Waals surface area (Å²) in [5, 5.41) is 12.4. The molecule has 0 bridgehead atoms. The fraction of sp³-hybridized carbons (Fsp3) is 0.304. The summed E-state index contributed by atoms with van der Waals surface area (Å²) in [4.78, 5) is 47.8. The lowest BCUT2D eigenvalue weighted by molar-refractivity contribution is -0.134. The van der Waals surface area contributed by atoms with Crippen LogP contribution in [0.4, 0.5) is 5.69 Å². The van der Waals surface area contributed by atoms with E-state index >= 15 is 0 Å². The molecule has 1 atom stereocenters. The van der Waals surface area contributed by atoms with Gasteiger partial charge in [-0.05, 0) is 49.4 Å². The third kappa shape index (κ3) is 4.47. The van der Waals surface area contributed by atoms with Crippen molar-refractivity contribution in [3.8, 4) is 0 Å². The molecule has 4 rings (SSSR count). The Morgan fingerprint density at radius 1 is 1.06 bits per heavy atom. The SMILES string of the molecule is CC(=O)c1ccc(N2CCN(C(=O)C(CO)NC(=O)c3ccc4nc[nH]c4c3)CC2)cc1. The van der Waals surface area contributed by atoms with Crippen molar-refractivity contribution < 1.29 is 19.5 Å². The molecule has 1 aliphatic heterocycles. The smallest absolute Gasteiger partial charge is 0.252 e. The molecule has 2 aromatic carbocycles. The number of carbonyl (C=O) groups excluding carboxylic acids is 3. The first-order valence-electron chi connectivity index (χ1n) is 10.5. The van der Waals surface area contributed by atoms with E-state index in [0.717, 1.165) is 16.7 Å². The van der Waals surface area contributed by atoms with Crippen molar-refractivity contribution in [2.45, 2.75) is 13.0 Å². The van der Waals surface area contributed by atoms with Crippen LogP contribution in [-0.2, 0) is 4.79 Å². The normalized spacial score (nSPS) is 14.9. The van der Waals surface area contributed by atoms with Gasteiger partial charge in [-0.25, -0.2) is 4.98 Å². The molecular weight excluding hydrogens is 410 g/mol. The number of aromatic nitrogens is 2. The lowest BCUT2D eigenvalue weighted by atomic mass is 10.1. The Kier molecular flexibility index (Phi) is 6.18. The van der Waals surface area contributed by atoms with Gasteiger partial charge < -0.3 is 25.2 Å². The standard InChI is InChI=1S/C23H25N5O4/c1-15(30)16-2-5-18(6-3-16)27-8-10-28(11-9-27)23(32)21(13-29)26-22(31)17-4-7-19-20(12-17)25-14-24-19/h2-7,12,14,21,29H,8-11,13H2,1H3,(H,24,25)(H,26,31). The Balaban J connectivity index is 1.35. The number of nitrogens with zero attached hydrogens (tertiary/aromatic N) is 3. The lowest BCUT2D eigenvalue weighted by Gasteiger charge is -2.37. The second-order valence-electron chi connectivity index (χ2n) is 7.76. The maximum absolute atomic E-state index is 12.9. The summed E-state index contributed by atoms with van der Waals surface area (Å²) in [5.41, 5.74) is 3.49. The average molecular weight is 435 g/mol. The van der Waals surface area contributed by atoms with Crippen LogP contribution >= 0.6 is 0 Å². The van der Waals surface area contributed by atoms with Gasteiger partial charge in [0.2, 0.25) is 5.91 Å². The molecule has 0 radical (unpaired) electrons. The summed E-state index contributed by atoms with van der Waals surface area (Å²) in [7, 11) is 0. The van der Waals surface area contributed by atoms with Crippen molar-refractivity contribution in [3.63, 3.8) is 0 Å². The van der Waals surface area contributed by atoms with Crippen LogP contribution in [0.15, 0.2) is 48.8 Å². The van der Waals surface area contributed by atoms with E-state index in [4.69, 9.17) is 0 Å². The van der Waals surface area contributed by atoms with E-state index in [2.05, 4.69) is 20.2 Å². The van der Waals surface area contributed by atoms with Crippen molar-refractivity contribution in [1.82, 2.24) is 20.2 Å². The molecule has 2 amide bonds. The number of aliphatic hydroxyl groups excluding tert-OH is 1. The number of fused-ring (bicyclic) bond motifs is 1. The molecule has 1 aromatic heterocycles. The zero-order chi connectivity index (χ0) is 22.7. The third-order valence-electron chi connectivity index (χ3n) is 5.70. The number of aliphatic hydroxyl groups is 1.